The molecule has 3 aromatic rings. The summed E-state index contributed by atoms with van der Waals surface area (Å²) in [6.45, 7) is 0. The van der Waals surface area contributed by atoms with Crippen LogP contribution < -0.4 is 11.1 Å². The average Bonchev–Trinajstić information content (AvgIpc) is 2.95. The SMILES string of the molecule is Nc1nc(Nc2ccccc2)sc1C(=O)c1ccc([N+](=O)[O-])cc1. The van der Waals surface area contributed by atoms with E-state index in [1.165, 1.54) is 24.3 Å². The number of thiazole rings is 1. The van der Waals surface area contributed by atoms with E-state index < -0.39 is 4.92 Å². The van der Waals surface area contributed by atoms with Gasteiger partial charge < -0.3 is 11.1 Å². The number of nitrogen functional groups attached to an aromatic ring is 1. The van der Waals surface area contributed by atoms with Gasteiger partial charge in [0.25, 0.3) is 5.69 Å². The summed E-state index contributed by atoms with van der Waals surface area (Å²) in [7, 11) is 0. The van der Waals surface area contributed by atoms with Crippen molar-refractivity contribution in [2.24, 2.45) is 0 Å². The highest BCUT2D eigenvalue weighted by atomic mass is 32.1. The minimum Gasteiger partial charge on any atom is -0.382 e. The van der Waals surface area contributed by atoms with Crippen molar-refractivity contribution in [2.45, 2.75) is 0 Å². The molecule has 0 radical (unpaired) electrons. The van der Waals surface area contributed by atoms with Crippen molar-refractivity contribution < 1.29 is 9.72 Å². The third-order valence-electron chi connectivity index (χ3n) is 3.22. The maximum absolute atomic E-state index is 12.5. The van der Waals surface area contributed by atoms with Crippen molar-refractivity contribution in [3.8, 4) is 0 Å². The maximum Gasteiger partial charge on any atom is 0.269 e. The van der Waals surface area contributed by atoms with E-state index in [4.69, 9.17) is 5.73 Å². The number of hydrogen-bond acceptors (Lipinski definition) is 7. The molecule has 0 aliphatic rings. The Hall–Kier alpha value is -3.26. The molecule has 0 unspecified atom stereocenters. The molecule has 0 atom stereocenters. The van der Waals surface area contributed by atoms with Gasteiger partial charge in [-0.25, -0.2) is 4.98 Å². The summed E-state index contributed by atoms with van der Waals surface area (Å²) >= 11 is 1.14. The highest BCUT2D eigenvalue weighted by Gasteiger charge is 2.19. The number of non-ortho nitro benzene ring substituents is 1. The van der Waals surface area contributed by atoms with Gasteiger partial charge in [0.1, 0.15) is 10.7 Å². The van der Waals surface area contributed by atoms with Gasteiger partial charge in [0.05, 0.1) is 4.92 Å². The summed E-state index contributed by atoms with van der Waals surface area (Å²) in [5, 5.41) is 14.3. The molecule has 7 nitrogen and oxygen atoms in total. The average molecular weight is 340 g/mol. The molecule has 0 amide bonds. The molecule has 1 aromatic heterocycles. The summed E-state index contributed by atoms with van der Waals surface area (Å²) in [4.78, 5) is 27.1. The van der Waals surface area contributed by atoms with Crippen LogP contribution in [0.4, 0.5) is 22.3 Å². The third-order valence-corrected chi connectivity index (χ3v) is 4.21. The number of ketones is 1. The largest absolute Gasteiger partial charge is 0.382 e. The first-order valence-electron chi connectivity index (χ1n) is 6.92. The Bertz CT molecular complexity index is 891. The molecule has 0 bridgehead atoms. The van der Waals surface area contributed by atoms with E-state index in [2.05, 4.69) is 10.3 Å². The van der Waals surface area contributed by atoms with Crippen molar-refractivity contribution in [1.29, 1.82) is 0 Å². The Balaban J connectivity index is 1.84. The Morgan fingerprint density at radius 1 is 1.12 bits per heavy atom. The molecule has 24 heavy (non-hydrogen) atoms. The molecule has 1 heterocycles. The number of para-hydroxylation sites is 1. The number of nitrogens with one attached hydrogen (secondary N) is 1. The topological polar surface area (TPSA) is 111 Å². The molecule has 0 aliphatic carbocycles. The van der Waals surface area contributed by atoms with E-state index in [1.54, 1.807) is 0 Å². The lowest BCUT2D eigenvalue weighted by Gasteiger charge is -2.00. The lowest BCUT2D eigenvalue weighted by molar-refractivity contribution is -0.384. The van der Waals surface area contributed by atoms with Gasteiger partial charge in [-0.05, 0) is 24.3 Å². The van der Waals surface area contributed by atoms with Gasteiger partial charge in [0.2, 0.25) is 5.78 Å². The number of anilines is 3. The highest BCUT2D eigenvalue weighted by molar-refractivity contribution is 7.18. The fraction of sp³-hybridized carbons (Fsp3) is 0. The maximum atomic E-state index is 12.5. The second-order valence-corrected chi connectivity index (χ2v) is 5.86. The molecule has 2 aromatic carbocycles. The number of nitrogens with two attached hydrogens (primary N) is 1. The van der Waals surface area contributed by atoms with Crippen LogP contribution in [-0.2, 0) is 0 Å². The van der Waals surface area contributed by atoms with Crippen molar-refractivity contribution in [1.82, 2.24) is 4.98 Å². The molecule has 0 aliphatic heterocycles. The van der Waals surface area contributed by atoms with Crippen LogP contribution in [-0.4, -0.2) is 15.7 Å². The van der Waals surface area contributed by atoms with Crippen LogP contribution in [0, 0.1) is 10.1 Å². The van der Waals surface area contributed by atoms with Gasteiger partial charge in [-0.2, -0.15) is 0 Å². The summed E-state index contributed by atoms with van der Waals surface area (Å²) in [6, 6.07) is 14.8. The van der Waals surface area contributed by atoms with Gasteiger partial charge in [0, 0.05) is 23.4 Å². The number of carbonyl (C=O) groups excluding carboxylic acids is 1. The first kappa shape index (κ1) is 15.6. The molecule has 120 valence electrons. The zero-order chi connectivity index (χ0) is 17.1. The molecular weight excluding hydrogens is 328 g/mol. The fourth-order valence-corrected chi connectivity index (χ4v) is 2.93. The molecule has 0 spiro atoms. The molecule has 8 heteroatoms. The second-order valence-electron chi connectivity index (χ2n) is 4.86. The number of nitro benzene ring substituents is 1. The standard InChI is InChI=1S/C16H12N4O3S/c17-15-14(13(21)10-6-8-12(9-7-10)20(22)23)24-16(19-15)18-11-4-2-1-3-5-11/h1-9H,17H2,(H,18,19). The van der Waals surface area contributed by atoms with Gasteiger partial charge in [-0.15, -0.1) is 0 Å². The van der Waals surface area contributed by atoms with E-state index >= 15 is 0 Å². The van der Waals surface area contributed by atoms with Crippen LogP contribution in [0.15, 0.2) is 54.6 Å². The Morgan fingerprint density at radius 2 is 1.79 bits per heavy atom. The Morgan fingerprint density at radius 3 is 2.42 bits per heavy atom. The van der Waals surface area contributed by atoms with Crippen molar-refractivity contribution in [2.75, 3.05) is 11.1 Å². The number of benzene rings is 2. The van der Waals surface area contributed by atoms with Gasteiger partial charge in [-0.3, -0.25) is 14.9 Å². The van der Waals surface area contributed by atoms with Crippen LogP contribution in [0.1, 0.15) is 15.2 Å². The first-order chi connectivity index (χ1) is 11.5. The quantitative estimate of drug-likeness (QED) is 0.417. The van der Waals surface area contributed by atoms with E-state index in [0.29, 0.717) is 15.6 Å². The molecular formula is C16H12N4O3S. The second kappa shape index (κ2) is 6.47. The first-order valence-corrected chi connectivity index (χ1v) is 7.74. The zero-order valence-electron chi connectivity index (χ0n) is 12.3. The zero-order valence-corrected chi connectivity index (χ0v) is 13.1. The van der Waals surface area contributed by atoms with Gasteiger partial charge >= 0.3 is 0 Å². The molecule has 0 fully saturated rings. The minimum absolute atomic E-state index is 0.0738. The van der Waals surface area contributed by atoms with Crippen LogP contribution in [0.25, 0.3) is 0 Å². The van der Waals surface area contributed by atoms with Crippen molar-refractivity contribution in [3.63, 3.8) is 0 Å². The molecule has 3 N–H and O–H groups in total. The van der Waals surface area contributed by atoms with E-state index in [-0.39, 0.29) is 17.3 Å². The van der Waals surface area contributed by atoms with Gasteiger partial charge in [0.15, 0.2) is 5.13 Å². The number of carbonyl (C=O) groups is 1. The van der Waals surface area contributed by atoms with Crippen LogP contribution >= 0.6 is 11.3 Å². The van der Waals surface area contributed by atoms with E-state index in [1.807, 2.05) is 30.3 Å². The molecule has 0 saturated heterocycles. The predicted molar refractivity (Wildman–Crippen MR) is 92.8 cm³/mol. The lowest BCUT2D eigenvalue weighted by atomic mass is 10.1. The minimum atomic E-state index is -0.517. The fourth-order valence-electron chi connectivity index (χ4n) is 2.06. The number of nitrogens with zero attached hydrogens (tertiary/aromatic N) is 2. The molecule has 0 saturated carbocycles. The highest BCUT2D eigenvalue weighted by Crippen LogP contribution is 2.30. The number of hydrogen-bond donors (Lipinski definition) is 2. The lowest BCUT2D eigenvalue weighted by Crippen LogP contribution is -2.02. The van der Waals surface area contributed by atoms with Crippen molar-refractivity contribution >= 4 is 39.4 Å². The number of aromatic nitrogens is 1. The van der Waals surface area contributed by atoms with E-state index in [0.717, 1.165) is 17.0 Å². The van der Waals surface area contributed by atoms with Crippen LogP contribution in [0.5, 0.6) is 0 Å². The smallest absolute Gasteiger partial charge is 0.269 e. The Labute approximate surface area is 140 Å². The summed E-state index contributed by atoms with van der Waals surface area (Å²) < 4.78 is 0. The normalized spacial score (nSPS) is 10.3. The summed E-state index contributed by atoms with van der Waals surface area (Å²) in [5.74, 6) is -0.192. The van der Waals surface area contributed by atoms with Gasteiger partial charge in [-0.1, -0.05) is 29.5 Å². The third kappa shape index (κ3) is 3.23. The van der Waals surface area contributed by atoms with E-state index in [9.17, 15) is 14.9 Å². The summed E-state index contributed by atoms with van der Waals surface area (Å²) in [5.41, 5.74) is 6.92. The number of rotatable bonds is 5. The number of nitro groups is 1. The van der Waals surface area contributed by atoms with Crippen molar-refractivity contribution in [3.05, 3.63) is 75.2 Å². The molecule has 3 rings (SSSR count). The summed E-state index contributed by atoms with van der Waals surface area (Å²) in [6.07, 6.45) is 0. The Kier molecular flexibility index (Phi) is 4.21. The monoisotopic (exact) mass is 340 g/mol. The van der Waals surface area contributed by atoms with Crippen LogP contribution in [0.3, 0.4) is 0 Å². The predicted octanol–water partition coefficient (Wildman–Crippen LogP) is 3.61. The van der Waals surface area contributed by atoms with Crippen LogP contribution in [0.2, 0.25) is 0 Å².